The van der Waals surface area contributed by atoms with E-state index in [1.807, 2.05) is 73.3 Å². The van der Waals surface area contributed by atoms with Crippen molar-refractivity contribution in [3.8, 4) is 101 Å². The van der Waals surface area contributed by atoms with Crippen molar-refractivity contribution in [3.05, 3.63) is 231 Å². The Hall–Kier alpha value is -8.08. The predicted octanol–water partition coefficient (Wildman–Crippen LogP) is 14.3. The van der Waals surface area contributed by atoms with Gasteiger partial charge in [0.2, 0.25) is 0 Å². The topological polar surface area (TPSA) is 51.6 Å². The molecule has 4 aromatic heterocycles. The predicted molar refractivity (Wildman–Crippen MR) is 247 cm³/mol. The van der Waals surface area contributed by atoms with E-state index in [0.29, 0.717) is 0 Å². The summed E-state index contributed by atoms with van der Waals surface area (Å²) in [6, 6.07) is 72.6. The van der Waals surface area contributed by atoms with Gasteiger partial charge in [-0.05, 0) is 134 Å². The number of hydrogen-bond donors (Lipinski definition) is 0. The minimum atomic E-state index is 0.916. The third-order valence-corrected chi connectivity index (χ3v) is 10.9. The van der Waals surface area contributed by atoms with Crippen LogP contribution in [0.5, 0.6) is 0 Å². The van der Waals surface area contributed by atoms with E-state index in [4.69, 9.17) is 19.9 Å². The van der Waals surface area contributed by atoms with Crippen LogP contribution in [-0.2, 0) is 0 Å². The van der Waals surface area contributed by atoms with Crippen LogP contribution in [0.2, 0.25) is 0 Å². The molecule has 0 unspecified atom stereocenters. The van der Waals surface area contributed by atoms with E-state index in [2.05, 4.69) is 158 Å². The van der Waals surface area contributed by atoms with Crippen LogP contribution in [-0.4, -0.2) is 19.9 Å². The highest BCUT2D eigenvalue weighted by atomic mass is 14.7. The highest BCUT2D eigenvalue weighted by molar-refractivity contribution is 6.08. The molecule has 0 spiro atoms. The van der Waals surface area contributed by atoms with Gasteiger partial charge in [-0.2, -0.15) is 0 Å². The largest absolute Gasteiger partial charge is 0.256 e. The van der Waals surface area contributed by atoms with Crippen LogP contribution in [0.25, 0.3) is 101 Å². The Balaban J connectivity index is 1.36. The molecule has 0 N–H and O–H groups in total. The van der Waals surface area contributed by atoms with Crippen molar-refractivity contribution >= 4 is 0 Å². The molecule has 0 aliphatic heterocycles. The molecule has 0 bridgehead atoms. The van der Waals surface area contributed by atoms with Crippen LogP contribution >= 0.6 is 0 Å². The van der Waals surface area contributed by atoms with Crippen LogP contribution in [0.3, 0.4) is 0 Å². The van der Waals surface area contributed by atoms with E-state index in [0.717, 1.165) is 101 Å². The zero-order valence-corrected chi connectivity index (χ0v) is 32.7. The Morgan fingerprint density at radius 3 is 0.883 bits per heavy atom. The molecular weight excluding hydrogens is 729 g/mol. The summed E-state index contributed by atoms with van der Waals surface area (Å²) in [4.78, 5) is 19.1. The van der Waals surface area contributed by atoms with E-state index < -0.39 is 0 Å². The molecule has 0 fully saturated rings. The number of pyridine rings is 4. The summed E-state index contributed by atoms with van der Waals surface area (Å²) in [5.41, 5.74) is 18.9. The third-order valence-electron chi connectivity index (χ3n) is 10.9. The van der Waals surface area contributed by atoms with Crippen molar-refractivity contribution in [1.29, 1.82) is 0 Å². The van der Waals surface area contributed by atoms with Crippen molar-refractivity contribution < 1.29 is 0 Å². The molecule has 0 atom stereocenters. The fraction of sp³-hybridized carbons (Fsp3) is 0. The lowest BCUT2D eigenvalue weighted by Gasteiger charge is -2.25. The molecule has 10 aromatic rings. The van der Waals surface area contributed by atoms with Gasteiger partial charge in [0.1, 0.15) is 0 Å². The summed E-state index contributed by atoms with van der Waals surface area (Å²) in [7, 11) is 0. The lowest BCUT2D eigenvalue weighted by Crippen LogP contribution is -1.99. The van der Waals surface area contributed by atoms with Gasteiger partial charge in [-0.25, -0.2) is 0 Å². The highest BCUT2D eigenvalue weighted by Crippen LogP contribution is 2.51. The average molecular weight is 767 g/mol. The van der Waals surface area contributed by atoms with Gasteiger partial charge in [0, 0.05) is 47.0 Å². The molecule has 0 saturated carbocycles. The van der Waals surface area contributed by atoms with Crippen LogP contribution in [0, 0.1) is 0 Å². The molecular formula is C56H38N4. The number of hydrogen-bond acceptors (Lipinski definition) is 4. The number of nitrogens with zero attached hydrogens (tertiary/aromatic N) is 4. The van der Waals surface area contributed by atoms with Crippen LogP contribution < -0.4 is 0 Å². The molecule has 4 heteroatoms. The molecule has 0 radical (unpaired) electrons. The quantitative estimate of drug-likeness (QED) is 0.147. The van der Waals surface area contributed by atoms with E-state index in [1.54, 1.807) is 0 Å². The second-order valence-electron chi connectivity index (χ2n) is 14.6. The van der Waals surface area contributed by atoms with E-state index in [9.17, 15) is 0 Å². The number of benzene rings is 6. The Morgan fingerprint density at radius 2 is 0.500 bits per heavy atom. The summed E-state index contributed by atoms with van der Waals surface area (Å²) in [6.07, 6.45) is 7.41. The highest BCUT2D eigenvalue weighted by Gasteiger charge is 2.25. The normalized spacial score (nSPS) is 11.0. The van der Waals surface area contributed by atoms with Gasteiger partial charge in [0.05, 0.1) is 22.8 Å². The molecule has 6 aromatic carbocycles. The van der Waals surface area contributed by atoms with Gasteiger partial charge in [0.25, 0.3) is 0 Å². The van der Waals surface area contributed by atoms with Gasteiger partial charge in [-0.1, -0.05) is 127 Å². The Labute approximate surface area is 350 Å². The number of aromatic nitrogens is 4. The molecule has 282 valence electrons. The molecule has 0 aliphatic carbocycles. The Morgan fingerprint density at radius 1 is 0.200 bits per heavy atom. The van der Waals surface area contributed by atoms with Gasteiger partial charge in [0.15, 0.2) is 0 Å². The first-order valence-electron chi connectivity index (χ1n) is 20.1. The number of rotatable bonds is 9. The van der Waals surface area contributed by atoms with Crippen molar-refractivity contribution in [2.45, 2.75) is 0 Å². The summed E-state index contributed by atoms with van der Waals surface area (Å²) in [5, 5.41) is 0. The molecule has 4 nitrogen and oxygen atoms in total. The van der Waals surface area contributed by atoms with E-state index in [1.165, 1.54) is 0 Å². The first-order valence-corrected chi connectivity index (χ1v) is 20.1. The minimum Gasteiger partial charge on any atom is -0.256 e. The first-order chi connectivity index (χ1) is 29.8. The zero-order valence-electron chi connectivity index (χ0n) is 32.7. The third kappa shape index (κ3) is 7.30. The lowest BCUT2D eigenvalue weighted by atomic mass is 9.78. The van der Waals surface area contributed by atoms with Gasteiger partial charge in [-0.15, -0.1) is 0 Å². The van der Waals surface area contributed by atoms with Crippen molar-refractivity contribution in [2.24, 2.45) is 0 Å². The molecule has 4 heterocycles. The van der Waals surface area contributed by atoms with Gasteiger partial charge < -0.3 is 0 Å². The summed E-state index contributed by atoms with van der Waals surface area (Å²) >= 11 is 0. The molecule has 0 aliphatic rings. The fourth-order valence-electron chi connectivity index (χ4n) is 8.13. The zero-order chi connectivity index (χ0) is 40.1. The average Bonchev–Trinajstić information content (AvgIpc) is 3.35. The standard InChI is InChI=1S/C56H38N4/c1-2-16-39(17-3-1)48-38-49(40-18-12-19-41(34-40)50-26-4-8-30-57-50)55(46-24-14-21-43(36-46)52-28-6-10-32-59-52)56(47-25-15-22-44(37-47)53-29-7-11-33-60-53)54(48)45-23-13-20-42(35-45)51-27-5-9-31-58-51/h1-38H. The maximum atomic E-state index is 4.78. The SMILES string of the molecule is c1ccc(-c2cc(-c3cccc(-c4ccccn4)c3)c(-c3cccc(-c4ccccn4)c3)c(-c3cccc(-c4ccccn4)c3)c2-c2cccc(-c3ccccn3)c2)cc1. The summed E-state index contributed by atoms with van der Waals surface area (Å²) < 4.78 is 0. The molecule has 10 rings (SSSR count). The van der Waals surface area contributed by atoms with Crippen LogP contribution in [0.15, 0.2) is 231 Å². The second-order valence-corrected chi connectivity index (χ2v) is 14.6. The minimum absolute atomic E-state index is 0.916. The van der Waals surface area contributed by atoms with Crippen LogP contribution in [0.4, 0.5) is 0 Å². The second kappa shape index (κ2) is 16.4. The van der Waals surface area contributed by atoms with Crippen molar-refractivity contribution in [1.82, 2.24) is 19.9 Å². The Bertz CT molecular complexity index is 3060. The van der Waals surface area contributed by atoms with Crippen molar-refractivity contribution in [2.75, 3.05) is 0 Å². The maximum absolute atomic E-state index is 4.78. The van der Waals surface area contributed by atoms with E-state index >= 15 is 0 Å². The van der Waals surface area contributed by atoms with Crippen molar-refractivity contribution in [3.63, 3.8) is 0 Å². The smallest absolute Gasteiger partial charge is 0.0702 e. The molecule has 0 amide bonds. The summed E-state index contributed by atoms with van der Waals surface area (Å²) in [5.74, 6) is 0. The van der Waals surface area contributed by atoms with Crippen LogP contribution in [0.1, 0.15) is 0 Å². The maximum Gasteiger partial charge on any atom is 0.0702 e. The molecule has 0 saturated heterocycles. The van der Waals surface area contributed by atoms with Gasteiger partial charge in [-0.3, -0.25) is 19.9 Å². The Kier molecular flexibility index (Phi) is 9.92. The van der Waals surface area contributed by atoms with Gasteiger partial charge >= 0.3 is 0 Å². The fourth-order valence-corrected chi connectivity index (χ4v) is 8.13. The first kappa shape index (κ1) is 36.3. The summed E-state index contributed by atoms with van der Waals surface area (Å²) in [6.45, 7) is 0. The lowest BCUT2D eigenvalue weighted by molar-refractivity contribution is 1.32. The molecule has 60 heavy (non-hydrogen) atoms. The monoisotopic (exact) mass is 766 g/mol. The van der Waals surface area contributed by atoms with E-state index in [-0.39, 0.29) is 0 Å².